The number of hydrogen-bond acceptors (Lipinski definition) is 3. The van der Waals surface area contributed by atoms with Gasteiger partial charge in [0.05, 0.1) is 11.4 Å². The third-order valence-corrected chi connectivity index (χ3v) is 6.19. The molecule has 0 aliphatic carbocycles. The Morgan fingerprint density at radius 1 is 0.968 bits per heavy atom. The van der Waals surface area contributed by atoms with Crippen molar-refractivity contribution in [1.29, 1.82) is 0 Å². The highest BCUT2D eigenvalue weighted by Crippen LogP contribution is 2.32. The monoisotopic (exact) mass is 410 g/mol. The Kier molecular flexibility index (Phi) is 5.04. The summed E-state index contributed by atoms with van der Waals surface area (Å²) in [5.74, 6) is 0.0466. The summed E-state index contributed by atoms with van der Waals surface area (Å²) in [5, 5.41) is 10.3. The molecular formula is C26H26N4O. The molecule has 5 rings (SSSR count). The van der Waals surface area contributed by atoms with E-state index < -0.39 is 0 Å². The summed E-state index contributed by atoms with van der Waals surface area (Å²) in [6, 6.07) is 24.6. The van der Waals surface area contributed by atoms with Gasteiger partial charge < -0.3 is 5.32 Å². The van der Waals surface area contributed by atoms with E-state index in [0.717, 1.165) is 35.7 Å². The Morgan fingerprint density at radius 2 is 1.71 bits per heavy atom. The number of fused-ring (bicyclic) bond motifs is 1. The summed E-state index contributed by atoms with van der Waals surface area (Å²) in [6.07, 6.45) is 0. The zero-order valence-electron chi connectivity index (χ0n) is 17.9. The maximum Gasteiger partial charge on any atom is 0.242 e. The summed E-state index contributed by atoms with van der Waals surface area (Å²) >= 11 is 0. The van der Waals surface area contributed by atoms with Crippen molar-refractivity contribution in [3.8, 4) is 5.69 Å². The molecule has 1 atom stereocenters. The van der Waals surface area contributed by atoms with Crippen molar-refractivity contribution in [2.24, 2.45) is 0 Å². The second kappa shape index (κ2) is 8.00. The largest absolute Gasteiger partial charge is 0.353 e. The molecule has 1 saturated heterocycles. The summed E-state index contributed by atoms with van der Waals surface area (Å²) in [4.78, 5) is 15.4. The number of hydrogen-bond donors (Lipinski definition) is 1. The van der Waals surface area contributed by atoms with Gasteiger partial charge in [0.15, 0.2) is 0 Å². The lowest BCUT2D eigenvalue weighted by atomic mass is 9.98. The molecule has 5 nitrogen and oxygen atoms in total. The third kappa shape index (κ3) is 3.51. The van der Waals surface area contributed by atoms with Crippen LogP contribution in [-0.4, -0.2) is 33.7 Å². The molecule has 1 unspecified atom stereocenters. The molecule has 4 aromatic rings. The molecule has 1 amide bonds. The van der Waals surface area contributed by atoms with Crippen LogP contribution in [0.5, 0.6) is 0 Å². The number of carbonyl (C=O) groups is 1. The minimum atomic E-state index is -0.356. The summed E-state index contributed by atoms with van der Waals surface area (Å²) in [5.41, 5.74) is 5.15. The minimum absolute atomic E-state index is 0.0466. The Balaban J connectivity index is 1.56. The average molecular weight is 411 g/mol. The summed E-state index contributed by atoms with van der Waals surface area (Å²) < 4.78 is 1.95. The molecule has 1 fully saturated rings. The van der Waals surface area contributed by atoms with Crippen molar-refractivity contribution in [1.82, 2.24) is 20.0 Å². The van der Waals surface area contributed by atoms with Crippen LogP contribution in [0.1, 0.15) is 28.6 Å². The van der Waals surface area contributed by atoms with Crippen molar-refractivity contribution in [3.63, 3.8) is 0 Å². The van der Waals surface area contributed by atoms with Crippen LogP contribution in [0.25, 0.3) is 16.5 Å². The molecule has 0 radical (unpaired) electrons. The lowest BCUT2D eigenvalue weighted by Crippen LogP contribution is -2.49. The molecule has 31 heavy (non-hydrogen) atoms. The smallest absolute Gasteiger partial charge is 0.242 e. The van der Waals surface area contributed by atoms with Crippen molar-refractivity contribution < 1.29 is 4.79 Å². The Morgan fingerprint density at radius 3 is 2.55 bits per heavy atom. The maximum atomic E-state index is 13.1. The number of carbonyl (C=O) groups excluding carboxylic acids is 1. The number of amides is 1. The van der Waals surface area contributed by atoms with Crippen molar-refractivity contribution in [2.45, 2.75) is 26.4 Å². The first-order valence-electron chi connectivity index (χ1n) is 10.7. The average Bonchev–Trinajstić information content (AvgIpc) is 3.09. The molecule has 5 heteroatoms. The molecule has 0 spiro atoms. The fourth-order valence-corrected chi connectivity index (χ4v) is 4.72. The number of nitrogens with one attached hydrogen (secondary N) is 1. The normalized spacial score (nSPS) is 17.1. The zero-order valence-corrected chi connectivity index (χ0v) is 17.9. The zero-order chi connectivity index (χ0) is 21.4. The number of aromatic nitrogens is 2. The van der Waals surface area contributed by atoms with E-state index in [0.29, 0.717) is 6.54 Å². The van der Waals surface area contributed by atoms with Gasteiger partial charge in [0.25, 0.3) is 0 Å². The van der Waals surface area contributed by atoms with Gasteiger partial charge in [-0.3, -0.25) is 9.69 Å². The van der Waals surface area contributed by atoms with Gasteiger partial charge in [-0.05, 0) is 42.3 Å². The Bertz CT molecular complexity index is 1240. The fraction of sp³-hybridized carbons (Fsp3) is 0.231. The van der Waals surface area contributed by atoms with E-state index in [2.05, 4.69) is 59.6 Å². The number of para-hydroxylation sites is 1. The van der Waals surface area contributed by atoms with Crippen LogP contribution in [0.4, 0.5) is 0 Å². The predicted molar refractivity (Wildman–Crippen MR) is 123 cm³/mol. The molecule has 2 heterocycles. The van der Waals surface area contributed by atoms with Crippen LogP contribution in [0.3, 0.4) is 0 Å². The highest BCUT2D eigenvalue weighted by molar-refractivity contribution is 5.86. The minimum Gasteiger partial charge on any atom is -0.353 e. The van der Waals surface area contributed by atoms with Crippen molar-refractivity contribution in [2.75, 3.05) is 13.1 Å². The molecule has 3 aromatic carbocycles. The summed E-state index contributed by atoms with van der Waals surface area (Å²) in [6.45, 7) is 6.23. The second-order valence-electron chi connectivity index (χ2n) is 8.13. The molecule has 0 bridgehead atoms. The molecule has 0 saturated carbocycles. The molecule has 1 aliphatic heterocycles. The van der Waals surface area contributed by atoms with Crippen molar-refractivity contribution in [3.05, 3.63) is 95.3 Å². The highest BCUT2D eigenvalue weighted by atomic mass is 16.2. The summed E-state index contributed by atoms with van der Waals surface area (Å²) in [7, 11) is 0. The van der Waals surface area contributed by atoms with E-state index in [4.69, 9.17) is 5.10 Å². The number of rotatable bonds is 4. The van der Waals surface area contributed by atoms with E-state index in [1.165, 1.54) is 16.3 Å². The lowest BCUT2D eigenvalue weighted by Gasteiger charge is -2.35. The number of benzene rings is 3. The first-order chi connectivity index (χ1) is 15.1. The molecule has 156 valence electrons. The van der Waals surface area contributed by atoms with Gasteiger partial charge in [0.1, 0.15) is 6.04 Å². The molecule has 1 N–H and O–H groups in total. The number of nitrogens with zero attached hydrogens (tertiary/aromatic N) is 3. The van der Waals surface area contributed by atoms with Crippen LogP contribution in [0, 0.1) is 13.8 Å². The van der Waals surface area contributed by atoms with Gasteiger partial charge in [0, 0.05) is 30.9 Å². The van der Waals surface area contributed by atoms with Crippen LogP contribution < -0.4 is 5.32 Å². The van der Waals surface area contributed by atoms with E-state index in [1.54, 1.807) is 0 Å². The van der Waals surface area contributed by atoms with Gasteiger partial charge in [-0.15, -0.1) is 0 Å². The molecular weight excluding hydrogens is 384 g/mol. The predicted octanol–water partition coefficient (Wildman–Crippen LogP) is 4.32. The fourth-order valence-electron chi connectivity index (χ4n) is 4.72. The maximum absolute atomic E-state index is 13.1. The molecule has 1 aromatic heterocycles. The van der Waals surface area contributed by atoms with Crippen LogP contribution in [0.2, 0.25) is 0 Å². The van der Waals surface area contributed by atoms with Crippen molar-refractivity contribution >= 4 is 16.7 Å². The standard InChI is InChI=1S/C26H26N4O/c1-18-24(19(2)30(28-18)22-12-4-3-5-13-22)25-26(31)27-15-16-29(25)17-21-11-8-10-20-9-6-7-14-23(20)21/h3-14,25H,15-17H2,1-2H3,(H,27,31). The molecule has 1 aliphatic rings. The number of aryl methyl sites for hydroxylation is 1. The quantitative estimate of drug-likeness (QED) is 0.545. The first kappa shape index (κ1) is 19.5. The Hall–Kier alpha value is -3.44. The van der Waals surface area contributed by atoms with Gasteiger partial charge in [0.2, 0.25) is 5.91 Å². The van der Waals surface area contributed by atoms with Crippen LogP contribution in [-0.2, 0) is 11.3 Å². The van der Waals surface area contributed by atoms with Gasteiger partial charge in [-0.1, -0.05) is 60.7 Å². The highest BCUT2D eigenvalue weighted by Gasteiger charge is 2.35. The van der Waals surface area contributed by atoms with E-state index in [9.17, 15) is 4.79 Å². The van der Waals surface area contributed by atoms with Crippen LogP contribution >= 0.6 is 0 Å². The first-order valence-corrected chi connectivity index (χ1v) is 10.7. The Labute approximate surface area is 182 Å². The van der Waals surface area contributed by atoms with Crippen LogP contribution in [0.15, 0.2) is 72.8 Å². The van der Waals surface area contributed by atoms with Gasteiger partial charge in [-0.25, -0.2) is 4.68 Å². The van der Waals surface area contributed by atoms with E-state index in [1.807, 2.05) is 41.9 Å². The van der Waals surface area contributed by atoms with Gasteiger partial charge >= 0.3 is 0 Å². The van der Waals surface area contributed by atoms with E-state index >= 15 is 0 Å². The SMILES string of the molecule is Cc1nn(-c2ccccc2)c(C)c1C1C(=O)NCCN1Cc1cccc2ccccc12. The van der Waals surface area contributed by atoms with E-state index in [-0.39, 0.29) is 11.9 Å². The second-order valence-corrected chi connectivity index (χ2v) is 8.13. The van der Waals surface area contributed by atoms with Gasteiger partial charge in [-0.2, -0.15) is 5.10 Å². The lowest BCUT2D eigenvalue weighted by molar-refractivity contribution is -0.129. The third-order valence-electron chi connectivity index (χ3n) is 6.19. The number of piperazine rings is 1. The topological polar surface area (TPSA) is 50.2 Å².